The Kier molecular flexibility index (Phi) is 4.42. The Bertz CT molecular complexity index is 461. The van der Waals surface area contributed by atoms with Gasteiger partial charge in [-0.1, -0.05) is 69.7 Å². The molecule has 0 radical (unpaired) electrons. The molecule has 110 valence electrons. The smallest absolute Gasteiger partial charge is 0.0116 e. The van der Waals surface area contributed by atoms with Crippen LogP contribution in [0.3, 0.4) is 0 Å². The van der Waals surface area contributed by atoms with Crippen LogP contribution in [0.25, 0.3) is 0 Å². The first-order valence-corrected chi connectivity index (χ1v) is 8.08. The molecule has 0 aromatic heterocycles. The van der Waals surface area contributed by atoms with Gasteiger partial charge in [0, 0.05) is 0 Å². The Balaban J connectivity index is 0.000000147. The largest absolute Gasteiger partial charge is 0.0990 e. The van der Waals surface area contributed by atoms with Gasteiger partial charge in [0.05, 0.1) is 0 Å². The topological polar surface area (TPSA) is 0 Å². The van der Waals surface area contributed by atoms with Crippen molar-refractivity contribution in [1.29, 1.82) is 0 Å². The third-order valence-corrected chi connectivity index (χ3v) is 5.52. The molecule has 2 bridgehead atoms. The highest BCUT2D eigenvalue weighted by Gasteiger charge is 2.47. The van der Waals surface area contributed by atoms with Gasteiger partial charge in [-0.25, -0.2) is 0 Å². The van der Waals surface area contributed by atoms with Crippen molar-refractivity contribution in [2.75, 3.05) is 0 Å². The summed E-state index contributed by atoms with van der Waals surface area (Å²) in [5, 5.41) is 0. The first kappa shape index (κ1) is 15.4. The molecule has 0 spiro atoms. The summed E-state index contributed by atoms with van der Waals surface area (Å²) in [6.07, 6.45) is 4.31. The molecule has 2 aliphatic carbocycles. The van der Waals surface area contributed by atoms with E-state index in [1.165, 1.54) is 36.0 Å². The van der Waals surface area contributed by atoms with Crippen LogP contribution in [-0.2, 0) is 0 Å². The third kappa shape index (κ3) is 3.00. The van der Waals surface area contributed by atoms with Crippen molar-refractivity contribution in [3.8, 4) is 0 Å². The van der Waals surface area contributed by atoms with Crippen LogP contribution in [-0.4, -0.2) is 0 Å². The van der Waals surface area contributed by atoms with Crippen molar-refractivity contribution in [2.45, 2.75) is 59.8 Å². The van der Waals surface area contributed by atoms with Crippen LogP contribution in [0.1, 0.15) is 64.0 Å². The molecule has 0 nitrogen and oxygen atoms in total. The molecule has 2 atom stereocenters. The average Bonchev–Trinajstić information content (AvgIpc) is 2.95. The van der Waals surface area contributed by atoms with E-state index in [2.05, 4.69) is 65.5 Å². The molecular weight excluding hydrogens is 240 g/mol. The summed E-state index contributed by atoms with van der Waals surface area (Å²) in [4.78, 5) is 0. The Labute approximate surface area is 125 Å². The molecule has 20 heavy (non-hydrogen) atoms. The summed E-state index contributed by atoms with van der Waals surface area (Å²) in [7, 11) is 0. The van der Waals surface area contributed by atoms with Crippen molar-refractivity contribution >= 4 is 0 Å². The summed E-state index contributed by atoms with van der Waals surface area (Å²) < 4.78 is 0. The SMILES string of the molecule is C=C1C2CCC(C2)C1(C)C.Cc1ccc(C(C)C)cc1. The zero-order valence-corrected chi connectivity index (χ0v) is 13.9. The molecule has 0 aliphatic heterocycles. The molecule has 0 heterocycles. The minimum atomic E-state index is 0.475. The highest BCUT2D eigenvalue weighted by atomic mass is 14.5. The first-order chi connectivity index (χ1) is 9.32. The molecule has 0 heteroatoms. The minimum Gasteiger partial charge on any atom is -0.0990 e. The molecule has 3 rings (SSSR count). The van der Waals surface area contributed by atoms with E-state index in [-0.39, 0.29) is 0 Å². The Morgan fingerprint density at radius 1 is 1.10 bits per heavy atom. The van der Waals surface area contributed by atoms with Gasteiger partial charge in [-0.3, -0.25) is 0 Å². The summed E-state index contributed by atoms with van der Waals surface area (Å²) in [6, 6.07) is 8.71. The van der Waals surface area contributed by atoms with Crippen LogP contribution < -0.4 is 0 Å². The van der Waals surface area contributed by atoms with Gasteiger partial charge in [0.1, 0.15) is 0 Å². The summed E-state index contributed by atoms with van der Waals surface area (Å²) in [5.74, 6) is 2.51. The zero-order valence-electron chi connectivity index (χ0n) is 13.9. The molecule has 1 aromatic carbocycles. The van der Waals surface area contributed by atoms with Crippen molar-refractivity contribution in [3.05, 3.63) is 47.5 Å². The van der Waals surface area contributed by atoms with Crippen LogP contribution in [0.15, 0.2) is 36.4 Å². The number of fused-ring (bicyclic) bond motifs is 2. The maximum Gasteiger partial charge on any atom is -0.0116 e. The second-order valence-corrected chi connectivity index (χ2v) is 7.52. The number of aryl methyl sites for hydroxylation is 1. The number of allylic oxidation sites excluding steroid dienone is 1. The fraction of sp³-hybridized carbons (Fsp3) is 0.600. The molecule has 2 saturated carbocycles. The third-order valence-electron chi connectivity index (χ3n) is 5.52. The Hall–Kier alpha value is -1.04. The summed E-state index contributed by atoms with van der Waals surface area (Å²) >= 11 is 0. The highest BCUT2D eigenvalue weighted by Crippen LogP contribution is 2.58. The number of benzene rings is 1. The number of rotatable bonds is 1. The summed E-state index contributed by atoms with van der Waals surface area (Å²) in [6.45, 7) is 15.5. The fourth-order valence-corrected chi connectivity index (χ4v) is 3.69. The zero-order chi connectivity index (χ0) is 14.9. The van der Waals surface area contributed by atoms with E-state index in [0.29, 0.717) is 11.3 Å². The molecule has 0 amide bonds. The maximum absolute atomic E-state index is 4.19. The van der Waals surface area contributed by atoms with Gasteiger partial charge in [-0.2, -0.15) is 0 Å². The Morgan fingerprint density at radius 3 is 2.05 bits per heavy atom. The normalized spacial score (nSPS) is 26.6. The van der Waals surface area contributed by atoms with Gasteiger partial charge in [-0.15, -0.1) is 0 Å². The first-order valence-electron chi connectivity index (χ1n) is 8.08. The molecule has 2 fully saturated rings. The Morgan fingerprint density at radius 2 is 1.70 bits per heavy atom. The lowest BCUT2D eigenvalue weighted by Gasteiger charge is -2.31. The van der Waals surface area contributed by atoms with Crippen LogP contribution in [0.5, 0.6) is 0 Å². The predicted molar refractivity (Wildman–Crippen MR) is 89.0 cm³/mol. The fourth-order valence-electron chi connectivity index (χ4n) is 3.69. The highest BCUT2D eigenvalue weighted by molar-refractivity contribution is 5.23. The van der Waals surface area contributed by atoms with Crippen molar-refractivity contribution in [1.82, 2.24) is 0 Å². The molecule has 1 aromatic rings. The summed E-state index contributed by atoms with van der Waals surface area (Å²) in [5.41, 5.74) is 4.77. The predicted octanol–water partition coefficient (Wildman–Crippen LogP) is 6.12. The van der Waals surface area contributed by atoms with E-state index in [0.717, 1.165) is 11.8 Å². The van der Waals surface area contributed by atoms with Crippen molar-refractivity contribution in [3.63, 3.8) is 0 Å². The average molecular weight is 270 g/mol. The molecule has 0 N–H and O–H groups in total. The molecule has 0 saturated heterocycles. The van der Waals surface area contributed by atoms with Gasteiger partial charge in [0.25, 0.3) is 0 Å². The van der Waals surface area contributed by atoms with Crippen LogP contribution in [0, 0.1) is 24.2 Å². The van der Waals surface area contributed by atoms with Gasteiger partial charge in [0.2, 0.25) is 0 Å². The van der Waals surface area contributed by atoms with Crippen molar-refractivity contribution in [2.24, 2.45) is 17.3 Å². The second-order valence-electron chi connectivity index (χ2n) is 7.52. The van der Waals surface area contributed by atoms with E-state index < -0.39 is 0 Å². The number of hydrogen-bond acceptors (Lipinski definition) is 0. The van der Waals surface area contributed by atoms with Gasteiger partial charge >= 0.3 is 0 Å². The standard InChI is InChI=1S/C10H16.C10H14/c1-7-8-4-5-9(6-8)10(7,2)3;1-8(2)10-6-4-9(3)5-7-10/h8-9H,1,4-6H2,2-3H3;4-8H,1-3H3. The lowest BCUT2D eigenvalue weighted by molar-refractivity contribution is 0.289. The quantitative estimate of drug-likeness (QED) is 0.539. The van der Waals surface area contributed by atoms with E-state index in [1.54, 1.807) is 0 Å². The van der Waals surface area contributed by atoms with Gasteiger partial charge < -0.3 is 0 Å². The molecule has 2 unspecified atom stereocenters. The van der Waals surface area contributed by atoms with E-state index in [4.69, 9.17) is 0 Å². The minimum absolute atomic E-state index is 0.475. The molecular formula is C20H30. The lowest BCUT2D eigenvalue weighted by Crippen LogP contribution is -2.21. The van der Waals surface area contributed by atoms with Gasteiger partial charge in [0.15, 0.2) is 0 Å². The van der Waals surface area contributed by atoms with Crippen LogP contribution in [0.4, 0.5) is 0 Å². The number of hydrogen-bond donors (Lipinski definition) is 0. The van der Waals surface area contributed by atoms with Crippen molar-refractivity contribution < 1.29 is 0 Å². The maximum atomic E-state index is 4.19. The van der Waals surface area contributed by atoms with E-state index >= 15 is 0 Å². The van der Waals surface area contributed by atoms with Crippen LogP contribution >= 0.6 is 0 Å². The lowest BCUT2D eigenvalue weighted by atomic mass is 9.73. The monoisotopic (exact) mass is 270 g/mol. The van der Waals surface area contributed by atoms with Crippen LogP contribution in [0.2, 0.25) is 0 Å². The second kappa shape index (κ2) is 5.76. The van der Waals surface area contributed by atoms with E-state index in [9.17, 15) is 0 Å². The molecule has 2 aliphatic rings. The van der Waals surface area contributed by atoms with Gasteiger partial charge in [-0.05, 0) is 54.9 Å². The van der Waals surface area contributed by atoms with E-state index in [1.807, 2.05) is 0 Å².